The molecule has 26 heavy (non-hydrogen) atoms. The summed E-state index contributed by atoms with van der Waals surface area (Å²) in [5, 5.41) is 5.97. The fourth-order valence-electron chi connectivity index (χ4n) is 3.11. The zero-order valence-corrected chi connectivity index (χ0v) is 15.0. The summed E-state index contributed by atoms with van der Waals surface area (Å²) in [6, 6.07) is 13.1. The number of carbonyl (C=O) groups excluding carboxylic acids is 1. The lowest BCUT2D eigenvalue weighted by atomic mass is 10.2. The second kappa shape index (κ2) is 7.21. The Balaban J connectivity index is 1.35. The third-order valence-corrected chi connectivity index (χ3v) is 4.66. The standard InChI is InChI=1S/C19H19N3O3S/c23-18(13-3-8-16-17(11-13)25-12-24-16)21-19(26)20-14-4-6-15(7-5-14)22-9-1-2-10-22/h3-8,11H,1-2,9-10,12H2,(H2,20,21,23,26). The zero-order chi connectivity index (χ0) is 17.9. The van der Waals surface area contributed by atoms with Gasteiger partial charge in [0.05, 0.1) is 0 Å². The van der Waals surface area contributed by atoms with Crippen LogP contribution in [0.2, 0.25) is 0 Å². The molecule has 1 saturated heterocycles. The van der Waals surface area contributed by atoms with Gasteiger partial charge in [0.1, 0.15) is 0 Å². The molecule has 2 aromatic rings. The maximum absolute atomic E-state index is 12.3. The van der Waals surface area contributed by atoms with Crippen molar-refractivity contribution < 1.29 is 14.3 Å². The number of carbonyl (C=O) groups is 1. The van der Waals surface area contributed by atoms with E-state index in [0.717, 1.165) is 18.8 Å². The predicted molar refractivity (Wildman–Crippen MR) is 104 cm³/mol. The Hall–Kier alpha value is -2.80. The van der Waals surface area contributed by atoms with Gasteiger partial charge in [-0.05, 0) is 67.5 Å². The summed E-state index contributed by atoms with van der Waals surface area (Å²) >= 11 is 5.24. The van der Waals surface area contributed by atoms with Crippen LogP contribution in [0.4, 0.5) is 11.4 Å². The molecule has 0 aliphatic carbocycles. The Morgan fingerprint density at radius 1 is 1.00 bits per heavy atom. The molecule has 2 heterocycles. The maximum atomic E-state index is 12.3. The summed E-state index contributed by atoms with van der Waals surface area (Å²) in [5.74, 6) is 0.906. The smallest absolute Gasteiger partial charge is 0.257 e. The Kier molecular flexibility index (Phi) is 4.62. The number of fused-ring (bicyclic) bond motifs is 1. The fraction of sp³-hybridized carbons (Fsp3) is 0.263. The molecule has 0 spiro atoms. The molecular formula is C19H19N3O3S. The van der Waals surface area contributed by atoms with Gasteiger partial charge in [-0.3, -0.25) is 10.1 Å². The number of benzene rings is 2. The van der Waals surface area contributed by atoms with Crippen LogP contribution < -0.4 is 25.0 Å². The summed E-state index contributed by atoms with van der Waals surface area (Å²) in [4.78, 5) is 14.7. The lowest BCUT2D eigenvalue weighted by Crippen LogP contribution is -2.34. The third kappa shape index (κ3) is 3.57. The van der Waals surface area contributed by atoms with Crippen molar-refractivity contribution in [2.75, 3.05) is 30.1 Å². The minimum Gasteiger partial charge on any atom is -0.454 e. The van der Waals surface area contributed by atoms with Gasteiger partial charge in [-0.2, -0.15) is 0 Å². The molecule has 2 aliphatic heterocycles. The molecule has 1 amide bonds. The summed E-state index contributed by atoms with van der Waals surface area (Å²) in [7, 11) is 0. The molecule has 2 aromatic carbocycles. The van der Waals surface area contributed by atoms with Crippen molar-refractivity contribution in [2.45, 2.75) is 12.8 Å². The van der Waals surface area contributed by atoms with Crippen LogP contribution in [0, 0.1) is 0 Å². The van der Waals surface area contributed by atoms with Gasteiger partial charge in [-0.25, -0.2) is 0 Å². The van der Waals surface area contributed by atoms with Crippen LogP contribution >= 0.6 is 12.2 Å². The topological polar surface area (TPSA) is 62.8 Å². The van der Waals surface area contributed by atoms with Crippen LogP contribution in [-0.4, -0.2) is 30.9 Å². The molecule has 7 heteroatoms. The minimum absolute atomic E-state index is 0.174. The first-order chi connectivity index (χ1) is 12.7. The second-order valence-corrected chi connectivity index (χ2v) is 6.63. The summed E-state index contributed by atoms with van der Waals surface area (Å²) in [6.07, 6.45) is 2.49. The number of hydrogen-bond acceptors (Lipinski definition) is 5. The molecule has 0 atom stereocenters. The number of ether oxygens (including phenoxy) is 2. The lowest BCUT2D eigenvalue weighted by molar-refractivity contribution is 0.0977. The number of thiocarbonyl (C=S) groups is 1. The fourth-order valence-corrected chi connectivity index (χ4v) is 3.32. The Bertz CT molecular complexity index is 832. The van der Waals surface area contributed by atoms with Crippen molar-refractivity contribution >= 4 is 34.6 Å². The summed E-state index contributed by atoms with van der Waals surface area (Å²) in [6.45, 7) is 2.39. The van der Waals surface area contributed by atoms with Crippen LogP contribution in [0.25, 0.3) is 0 Å². The van der Waals surface area contributed by atoms with E-state index in [-0.39, 0.29) is 17.8 Å². The van der Waals surface area contributed by atoms with Crippen molar-refractivity contribution in [3.63, 3.8) is 0 Å². The van der Waals surface area contributed by atoms with Gasteiger partial charge in [-0.1, -0.05) is 0 Å². The molecule has 0 saturated carbocycles. The summed E-state index contributed by atoms with van der Waals surface area (Å²) in [5.41, 5.74) is 2.51. The SMILES string of the molecule is O=C(NC(=S)Nc1ccc(N2CCCC2)cc1)c1ccc2c(c1)OCO2. The van der Waals surface area contributed by atoms with E-state index in [1.165, 1.54) is 18.5 Å². The Labute approximate surface area is 157 Å². The van der Waals surface area contributed by atoms with E-state index in [1.807, 2.05) is 12.1 Å². The number of rotatable bonds is 3. The summed E-state index contributed by atoms with van der Waals surface area (Å²) < 4.78 is 10.5. The first-order valence-electron chi connectivity index (χ1n) is 8.56. The minimum atomic E-state index is -0.297. The maximum Gasteiger partial charge on any atom is 0.257 e. The van der Waals surface area contributed by atoms with Crippen molar-refractivity contribution in [3.8, 4) is 11.5 Å². The second-order valence-electron chi connectivity index (χ2n) is 6.22. The number of hydrogen-bond donors (Lipinski definition) is 2. The van der Waals surface area contributed by atoms with E-state index in [4.69, 9.17) is 21.7 Å². The molecule has 2 aliphatic rings. The molecule has 134 valence electrons. The first kappa shape index (κ1) is 16.7. The number of nitrogens with zero attached hydrogens (tertiary/aromatic N) is 1. The van der Waals surface area contributed by atoms with Gasteiger partial charge >= 0.3 is 0 Å². The highest BCUT2D eigenvalue weighted by Crippen LogP contribution is 2.32. The van der Waals surface area contributed by atoms with Crippen molar-refractivity contribution in [3.05, 3.63) is 48.0 Å². The average Bonchev–Trinajstić information content (AvgIpc) is 3.33. The van der Waals surface area contributed by atoms with Crippen LogP contribution in [0.3, 0.4) is 0 Å². The quantitative estimate of drug-likeness (QED) is 0.811. The first-order valence-corrected chi connectivity index (χ1v) is 8.97. The highest BCUT2D eigenvalue weighted by Gasteiger charge is 2.17. The zero-order valence-electron chi connectivity index (χ0n) is 14.2. The van der Waals surface area contributed by atoms with Crippen LogP contribution in [0.1, 0.15) is 23.2 Å². The van der Waals surface area contributed by atoms with Gasteiger partial charge in [0.2, 0.25) is 6.79 Å². The highest BCUT2D eigenvalue weighted by molar-refractivity contribution is 7.80. The molecule has 0 aromatic heterocycles. The van der Waals surface area contributed by atoms with E-state index in [9.17, 15) is 4.79 Å². The molecule has 0 unspecified atom stereocenters. The van der Waals surface area contributed by atoms with Crippen molar-refractivity contribution in [1.29, 1.82) is 0 Å². The molecule has 4 rings (SSSR count). The van der Waals surface area contributed by atoms with E-state index >= 15 is 0 Å². The molecule has 6 nitrogen and oxygen atoms in total. The number of nitrogens with one attached hydrogen (secondary N) is 2. The monoisotopic (exact) mass is 369 g/mol. The molecule has 2 N–H and O–H groups in total. The van der Waals surface area contributed by atoms with E-state index in [1.54, 1.807) is 18.2 Å². The molecule has 0 bridgehead atoms. The Morgan fingerprint density at radius 2 is 1.73 bits per heavy atom. The average molecular weight is 369 g/mol. The van der Waals surface area contributed by atoms with Gasteiger partial charge in [0.15, 0.2) is 16.6 Å². The van der Waals surface area contributed by atoms with E-state index < -0.39 is 0 Å². The predicted octanol–water partition coefficient (Wildman–Crippen LogP) is 3.14. The van der Waals surface area contributed by atoms with Crippen molar-refractivity contribution in [2.24, 2.45) is 0 Å². The molecular weight excluding hydrogens is 350 g/mol. The van der Waals surface area contributed by atoms with Gasteiger partial charge in [0, 0.05) is 30.0 Å². The highest BCUT2D eigenvalue weighted by atomic mass is 32.1. The number of anilines is 2. The largest absolute Gasteiger partial charge is 0.454 e. The van der Waals surface area contributed by atoms with Crippen molar-refractivity contribution in [1.82, 2.24) is 5.32 Å². The molecule has 0 radical (unpaired) electrons. The van der Waals surface area contributed by atoms with Gasteiger partial charge in [-0.15, -0.1) is 0 Å². The van der Waals surface area contributed by atoms with E-state index in [0.29, 0.717) is 17.1 Å². The lowest BCUT2D eigenvalue weighted by Gasteiger charge is -2.18. The van der Waals surface area contributed by atoms with E-state index in [2.05, 4.69) is 27.7 Å². The van der Waals surface area contributed by atoms with Crippen LogP contribution in [-0.2, 0) is 0 Å². The molecule has 1 fully saturated rings. The van der Waals surface area contributed by atoms with Crippen LogP contribution in [0.15, 0.2) is 42.5 Å². The van der Waals surface area contributed by atoms with Gasteiger partial charge in [0.25, 0.3) is 5.91 Å². The van der Waals surface area contributed by atoms with Gasteiger partial charge < -0.3 is 19.7 Å². The number of amides is 1. The normalized spacial score (nSPS) is 15.0. The van der Waals surface area contributed by atoms with Crippen LogP contribution in [0.5, 0.6) is 11.5 Å². The third-order valence-electron chi connectivity index (χ3n) is 4.46. The Morgan fingerprint density at radius 3 is 2.50 bits per heavy atom.